The SMILES string of the molecule is COc1ccc2nc(NC(=O)c3ccc(C)c(NC(=O)c4ccccc4)c3)sc2c1. The van der Waals surface area contributed by atoms with Crippen LogP contribution < -0.4 is 15.4 Å². The summed E-state index contributed by atoms with van der Waals surface area (Å²) in [6, 6.07) is 19.7. The summed E-state index contributed by atoms with van der Waals surface area (Å²) in [6.45, 7) is 1.88. The highest BCUT2D eigenvalue weighted by Gasteiger charge is 2.14. The molecule has 30 heavy (non-hydrogen) atoms. The normalized spacial score (nSPS) is 10.6. The number of carbonyl (C=O) groups excluding carboxylic acids is 2. The second-order valence-electron chi connectivity index (χ2n) is 6.66. The molecule has 4 rings (SSSR count). The zero-order valence-corrected chi connectivity index (χ0v) is 17.2. The Hall–Kier alpha value is -3.71. The van der Waals surface area contributed by atoms with Crippen LogP contribution in [0.4, 0.5) is 10.8 Å². The Bertz CT molecular complexity index is 1240. The summed E-state index contributed by atoms with van der Waals surface area (Å²) >= 11 is 1.37. The molecule has 0 aliphatic rings. The van der Waals surface area contributed by atoms with E-state index in [-0.39, 0.29) is 11.8 Å². The number of benzene rings is 3. The molecular formula is C23H19N3O3S. The Balaban J connectivity index is 1.53. The van der Waals surface area contributed by atoms with Crippen molar-refractivity contribution in [1.29, 1.82) is 0 Å². The standard InChI is InChI=1S/C23H19N3O3S/c1-14-8-9-16(12-19(14)24-21(27)15-6-4-3-5-7-15)22(28)26-23-25-18-11-10-17(29-2)13-20(18)30-23/h3-13H,1-2H3,(H,24,27)(H,25,26,28). The van der Waals surface area contributed by atoms with Gasteiger partial charge in [0.1, 0.15) is 5.75 Å². The first-order chi connectivity index (χ1) is 14.5. The number of methoxy groups -OCH3 is 1. The maximum atomic E-state index is 12.8. The predicted octanol–water partition coefficient (Wildman–Crippen LogP) is 5.12. The van der Waals surface area contributed by atoms with Crippen LogP contribution in [0.5, 0.6) is 5.75 Å². The quantitative estimate of drug-likeness (QED) is 0.472. The van der Waals surface area contributed by atoms with Gasteiger partial charge in [0.15, 0.2) is 5.13 Å². The van der Waals surface area contributed by atoms with E-state index in [1.165, 1.54) is 11.3 Å². The van der Waals surface area contributed by atoms with E-state index in [1.54, 1.807) is 49.6 Å². The summed E-state index contributed by atoms with van der Waals surface area (Å²) in [5.74, 6) is 0.217. The van der Waals surface area contributed by atoms with Crippen molar-refractivity contribution in [2.24, 2.45) is 0 Å². The van der Waals surface area contributed by atoms with Gasteiger partial charge in [0.05, 0.1) is 17.3 Å². The molecule has 7 heteroatoms. The second kappa shape index (κ2) is 8.34. The summed E-state index contributed by atoms with van der Waals surface area (Å²) in [5.41, 5.74) is 3.22. The number of anilines is 2. The van der Waals surface area contributed by atoms with Crippen molar-refractivity contribution in [3.8, 4) is 5.75 Å². The molecule has 0 aliphatic carbocycles. The lowest BCUT2D eigenvalue weighted by Crippen LogP contribution is -2.15. The third kappa shape index (κ3) is 4.16. The Morgan fingerprint density at radius 1 is 0.900 bits per heavy atom. The molecule has 150 valence electrons. The lowest BCUT2D eigenvalue weighted by Gasteiger charge is -2.10. The molecule has 3 aromatic carbocycles. The van der Waals surface area contributed by atoms with Crippen molar-refractivity contribution >= 4 is 44.2 Å². The molecule has 0 atom stereocenters. The number of amides is 2. The number of nitrogens with zero attached hydrogens (tertiary/aromatic N) is 1. The highest BCUT2D eigenvalue weighted by Crippen LogP contribution is 2.29. The van der Waals surface area contributed by atoms with Crippen LogP contribution in [0.25, 0.3) is 10.2 Å². The van der Waals surface area contributed by atoms with Crippen molar-refractivity contribution in [3.63, 3.8) is 0 Å². The fraction of sp³-hybridized carbons (Fsp3) is 0.0870. The lowest BCUT2D eigenvalue weighted by molar-refractivity contribution is 0.101. The van der Waals surface area contributed by atoms with Crippen molar-refractivity contribution in [2.45, 2.75) is 6.92 Å². The molecule has 0 bridgehead atoms. The number of nitrogens with one attached hydrogen (secondary N) is 2. The molecule has 0 unspecified atom stereocenters. The fourth-order valence-corrected chi connectivity index (χ4v) is 3.83. The molecule has 0 fully saturated rings. The number of aryl methyl sites for hydroxylation is 1. The summed E-state index contributed by atoms with van der Waals surface area (Å²) in [4.78, 5) is 29.7. The van der Waals surface area contributed by atoms with Crippen LogP contribution >= 0.6 is 11.3 Å². The summed E-state index contributed by atoms with van der Waals surface area (Å²) < 4.78 is 6.15. The smallest absolute Gasteiger partial charge is 0.257 e. The summed E-state index contributed by atoms with van der Waals surface area (Å²) in [7, 11) is 1.61. The van der Waals surface area contributed by atoms with Gasteiger partial charge < -0.3 is 10.1 Å². The van der Waals surface area contributed by atoms with Crippen LogP contribution in [0.3, 0.4) is 0 Å². The van der Waals surface area contributed by atoms with Crippen LogP contribution in [-0.2, 0) is 0 Å². The van der Waals surface area contributed by atoms with Gasteiger partial charge in [-0.05, 0) is 55.0 Å². The van der Waals surface area contributed by atoms with E-state index in [9.17, 15) is 9.59 Å². The summed E-state index contributed by atoms with van der Waals surface area (Å²) in [5, 5.41) is 6.20. The fourth-order valence-electron chi connectivity index (χ4n) is 2.94. The molecule has 1 aromatic heterocycles. The molecular weight excluding hydrogens is 398 g/mol. The molecule has 0 radical (unpaired) electrons. The number of hydrogen-bond donors (Lipinski definition) is 2. The Morgan fingerprint density at radius 3 is 2.43 bits per heavy atom. The van der Waals surface area contributed by atoms with E-state index in [1.807, 2.05) is 31.2 Å². The molecule has 2 N–H and O–H groups in total. The van der Waals surface area contributed by atoms with Crippen LogP contribution in [0.15, 0.2) is 66.7 Å². The topological polar surface area (TPSA) is 80.3 Å². The first-order valence-electron chi connectivity index (χ1n) is 9.26. The van der Waals surface area contributed by atoms with E-state index in [0.29, 0.717) is 21.9 Å². The van der Waals surface area contributed by atoms with Gasteiger partial charge in [0.25, 0.3) is 11.8 Å². The van der Waals surface area contributed by atoms with Gasteiger partial charge >= 0.3 is 0 Å². The van der Waals surface area contributed by atoms with E-state index < -0.39 is 0 Å². The molecule has 2 amide bonds. The zero-order valence-electron chi connectivity index (χ0n) is 16.4. The van der Waals surface area contributed by atoms with Gasteiger partial charge in [0, 0.05) is 16.8 Å². The summed E-state index contributed by atoms with van der Waals surface area (Å²) in [6.07, 6.45) is 0. The minimum atomic E-state index is -0.295. The van der Waals surface area contributed by atoms with E-state index in [0.717, 1.165) is 21.5 Å². The van der Waals surface area contributed by atoms with E-state index in [4.69, 9.17) is 4.74 Å². The van der Waals surface area contributed by atoms with Gasteiger partial charge in [-0.1, -0.05) is 35.6 Å². The number of carbonyl (C=O) groups is 2. The first kappa shape index (κ1) is 19.6. The number of rotatable bonds is 5. The number of fused-ring (bicyclic) bond motifs is 1. The first-order valence-corrected chi connectivity index (χ1v) is 10.1. The van der Waals surface area contributed by atoms with Crippen molar-refractivity contribution in [2.75, 3.05) is 17.7 Å². The van der Waals surface area contributed by atoms with Crippen molar-refractivity contribution in [3.05, 3.63) is 83.4 Å². The predicted molar refractivity (Wildman–Crippen MR) is 120 cm³/mol. The van der Waals surface area contributed by atoms with Gasteiger partial charge in [0.2, 0.25) is 0 Å². The average Bonchev–Trinajstić information content (AvgIpc) is 3.17. The minimum absolute atomic E-state index is 0.226. The number of ether oxygens (including phenoxy) is 1. The molecule has 0 aliphatic heterocycles. The lowest BCUT2D eigenvalue weighted by atomic mass is 10.1. The van der Waals surface area contributed by atoms with E-state index >= 15 is 0 Å². The van der Waals surface area contributed by atoms with Gasteiger partial charge in [-0.15, -0.1) is 0 Å². The van der Waals surface area contributed by atoms with Gasteiger partial charge in [-0.3, -0.25) is 14.9 Å². The second-order valence-corrected chi connectivity index (χ2v) is 7.69. The van der Waals surface area contributed by atoms with Gasteiger partial charge in [-0.2, -0.15) is 0 Å². The van der Waals surface area contributed by atoms with Crippen LogP contribution in [0, 0.1) is 6.92 Å². The number of hydrogen-bond acceptors (Lipinski definition) is 5. The molecule has 1 heterocycles. The van der Waals surface area contributed by atoms with Crippen LogP contribution in [0.2, 0.25) is 0 Å². The molecule has 0 saturated carbocycles. The number of aromatic nitrogens is 1. The van der Waals surface area contributed by atoms with Crippen molar-refractivity contribution in [1.82, 2.24) is 4.98 Å². The maximum Gasteiger partial charge on any atom is 0.257 e. The zero-order chi connectivity index (χ0) is 21.1. The maximum absolute atomic E-state index is 12.8. The molecule has 0 spiro atoms. The largest absolute Gasteiger partial charge is 0.497 e. The Labute approximate surface area is 177 Å². The number of thiazole rings is 1. The van der Waals surface area contributed by atoms with Crippen LogP contribution in [0.1, 0.15) is 26.3 Å². The van der Waals surface area contributed by atoms with Crippen LogP contribution in [-0.4, -0.2) is 23.9 Å². The highest BCUT2D eigenvalue weighted by molar-refractivity contribution is 7.22. The third-order valence-corrected chi connectivity index (χ3v) is 5.53. The van der Waals surface area contributed by atoms with Gasteiger partial charge in [-0.25, -0.2) is 4.98 Å². The van der Waals surface area contributed by atoms with E-state index in [2.05, 4.69) is 15.6 Å². The minimum Gasteiger partial charge on any atom is -0.497 e. The molecule has 4 aromatic rings. The highest BCUT2D eigenvalue weighted by atomic mass is 32.1. The molecule has 0 saturated heterocycles. The Morgan fingerprint density at radius 2 is 1.67 bits per heavy atom. The molecule has 6 nitrogen and oxygen atoms in total. The monoisotopic (exact) mass is 417 g/mol. The van der Waals surface area contributed by atoms with Crippen molar-refractivity contribution < 1.29 is 14.3 Å². The average molecular weight is 417 g/mol. The Kier molecular flexibility index (Phi) is 5.45. The third-order valence-electron chi connectivity index (χ3n) is 4.60.